The van der Waals surface area contributed by atoms with E-state index in [9.17, 15) is 5.11 Å². The van der Waals surface area contributed by atoms with E-state index in [2.05, 4.69) is 56.9 Å². The van der Waals surface area contributed by atoms with Gasteiger partial charge in [0.15, 0.2) is 0 Å². The Bertz CT molecular complexity index is 405. The zero-order valence-electron chi connectivity index (χ0n) is 12.6. The van der Waals surface area contributed by atoms with Gasteiger partial charge < -0.3 is 10.0 Å². The van der Waals surface area contributed by atoms with Crippen molar-refractivity contribution in [3.63, 3.8) is 0 Å². The molecule has 4 unspecified atom stereocenters. The number of likely N-dealkylation sites (N-methyl/N-ethyl adjacent to an activating group) is 1. The van der Waals surface area contributed by atoms with Crippen LogP contribution in [-0.2, 0) is 0 Å². The highest BCUT2D eigenvalue weighted by Gasteiger charge is 2.36. The molecule has 4 atom stereocenters. The molecule has 0 saturated heterocycles. The maximum Gasteiger partial charge on any atom is 0.0748 e. The van der Waals surface area contributed by atoms with Gasteiger partial charge in [-0.15, -0.1) is 0 Å². The van der Waals surface area contributed by atoms with Crippen molar-refractivity contribution in [2.24, 2.45) is 11.8 Å². The van der Waals surface area contributed by atoms with Crippen LogP contribution in [-0.4, -0.2) is 23.8 Å². The molecule has 1 aromatic carbocycles. The van der Waals surface area contributed by atoms with Crippen LogP contribution in [0.2, 0.25) is 0 Å². The van der Waals surface area contributed by atoms with E-state index >= 15 is 0 Å². The van der Waals surface area contributed by atoms with E-state index in [-0.39, 0.29) is 12.1 Å². The number of nitrogens with zero attached hydrogens (tertiary/aromatic N) is 1. The van der Waals surface area contributed by atoms with Crippen LogP contribution in [0.4, 0.5) is 5.69 Å². The number of benzene rings is 1. The highest BCUT2D eigenvalue weighted by Crippen LogP contribution is 2.35. The average molecular weight is 261 g/mol. The molecule has 1 saturated carbocycles. The van der Waals surface area contributed by atoms with Gasteiger partial charge in [0.1, 0.15) is 0 Å². The highest BCUT2D eigenvalue weighted by atomic mass is 16.3. The summed E-state index contributed by atoms with van der Waals surface area (Å²) >= 11 is 0. The number of para-hydroxylation sites is 1. The predicted octanol–water partition coefficient (Wildman–Crippen LogP) is 3.62. The predicted molar refractivity (Wildman–Crippen MR) is 81.6 cm³/mol. The second-order valence-electron chi connectivity index (χ2n) is 6.18. The van der Waals surface area contributed by atoms with Crippen molar-refractivity contribution in [3.05, 3.63) is 29.8 Å². The quantitative estimate of drug-likeness (QED) is 0.898. The minimum absolute atomic E-state index is 0.210. The lowest BCUT2D eigenvalue weighted by molar-refractivity contribution is 0.0536. The van der Waals surface area contributed by atoms with Crippen molar-refractivity contribution in [2.75, 3.05) is 11.4 Å². The minimum atomic E-state index is -0.210. The third kappa shape index (κ3) is 2.94. The van der Waals surface area contributed by atoms with Gasteiger partial charge in [0, 0.05) is 12.2 Å². The third-order valence-electron chi connectivity index (χ3n) is 4.52. The second-order valence-corrected chi connectivity index (χ2v) is 6.18. The number of hydrogen-bond acceptors (Lipinski definition) is 2. The van der Waals surface area contributed by atoms with Crippen LogP contribution in [0.25, 0.3) is 0 Å². The van der Waals surface area contributed by atoms with Crippen molar-refractivity contribution in [1.82, 2.24) is 0 Å². The van der Waals surface area contributed by atoms with E-state index in [1.54, 1.807) is 0 Å². The fourth-order valence-electron chi connectivity index (χ4n) is 3.74. The van der Waals surface area contributed by atoms with Crippen molar-refractivity contribution < 1.29 is 5.11 Å². The topological polar surface area (TPSA) is 23.5 Å². The molecule has 0 amide bonds. The summed E-state index contributed by atoms with van der Waals surface area (Å²) in [6.45, 7) is 9.82. The van der Waals surface area contributed by atoms with Crippen molar-refractivity contribution in [2.45, 2.75) is 52.7 Å². The number of rotatable bonds is 3. The van der Waals surface area contributed by atoms with Crippen LogP contribution >= 0.6 is 0 Å². The molecule has 0 spiro atoms. The summed E-state index contributed by atoms with van der Waals surface area (Å²) in [7, 11) is 0. The Morgan fingerprint density at radius 3 is 2.47 bits per heavy atom. The Morgan fingerprint density at radius 2 is 1.89 bits per heavy atom. The Morgan fingerprint density at radius 1 is 1.21 bits per heavy atom. The molecule has 19 heavy (non-hydrogen) atoms. The van der Waals surface area contributed by atoms with Crippen molar-refractivity contribution >= 4 is 5.69 Å². The number of anilines is 1. The molecule has 0 aromatic heterocycles. The van der Waals surface area contributed by atoms with Crippen molar-refractivity contribution in [3.8, 4) is 0 Å². The highest BCUT2D eigenvalue weighted by molar-refractivity contribution is 5.54. The Kier molecular flexibility index (Phi) is 4.51. The average Bonchev–Trinajstić information content (AvgIpc) is 2.34. The molecule has 1 aliphatic carbocycles. The molecule has 1 aliphatic rings. The number of hydrogen-bond donors (Lipinski definition) is 1. The van der Waals surface area contributed by atoms with E-state index < -0.39 is 0 Å². The molecule has 0 aliphatic heterocycles. The first-order valence-electron chi connectivity index (χ1n) is 7.55. The van der Waals surface area contributed by atoms with Gasteiger partial charge in [-0.05, 0) is 50.2 Å². The third-order valence-corrected chi connectivity index (χ3v) is 4.52. The van der Waals surface area contributed by atoms with Gasteiger partial charge >= 0.3 is 0 Å². The van der Waals surface area contributed by atoms with Crippen LogP contribution < -0.4 is 4.90 Å². The van der Waals surface area contributed by atoms with Crippen LogP contribution in [0.15, 0.2) is 24.3 Å². The Balaban J connectivity index is 2.29. The number of aliphatic hydroxyl groups is 1. The summed E-state index contributed by atoms with van der Waals surface area (Å²) in [5, 5.41) is 10.5. The van der Waals surface area contributed by atoms with Crippen LogP contribution in [0.5, 0.6) is 0 Å². The molecule has 1 fully saturated rings. The van der Waals surface area contributed by atoms with Crippen LogP contribution in [0.1, 0.15) is 39.2 Å². The lowest BCUT2D eigenvalue weighted by Gasteiger charge is -2.45. The lowest BCUT2D eigenvalue weighted by Crippen LogP contribution is -2.51. The van der Waals surface area contributed by atoms with E-state index in [0.29, 0.717) is 11.8 Å². The summed E-state index contributed by atoms with van der Waals surface area (Å²) in [6, 6.07) is 8.75. The first kappa shape index (κ1) is 14.4. The summed E-state index contributed by atoms with van der Waals surface area (Å²) in [6.07, 6.45) is 1.93. The van der Waals surface area contributed by atoms with E-state index in [1.807, 2.05) is 0 Å². The van der Waals surface area contributed by atoms with Crippen LogP contribution in [0.3, 0.4) is 0 Å². The van der Waals surface area contributed by atoms with Gasteiger partial charge in [0.25, 0.3) is 0 Å². The van der Waals surface area contributed by atoms with Crippen LogP contribution in [0, 0.1) is 18.8 Å². The molecule has 2 heteroatoms. The van der Waals surface area contributed by atoms with E-state index in [4.69, 9.17) is 0 Å². The van der Waals surface area contributed by atoms with Gasteiger partial charge in [-0.2, -0.15) is 0 Å². The maximum absolute atomic E-state index is 10.5. The molecule has 0 heterocycles. The van der Waals surface area contributed by atoms with Gasteiger partial charge in [-0.1, -0.05) is 32.0 Å². The van der Waals surface area contributed by atoms with E-state index in [0.717, 1.165) is 13.0 Å². The largest absolute Gasteiger partial charge is 0.391 e. The molecular weight excluding hydrogens is 234 g/mol. The number of aliphatic hydroxyl groups excluding tert-OH is 1. The summed E-state index contributed by atoms with van der Waals surface area (Å²) < 4.78 is 0. The minimum Gasteiger partial charge on any atom is -0.391 e. The summed E-state index contributed by atoms with van der Waals surface area (Å²) in [5.74, 6) is 1.18. The zero-order chi connectivity index (χ0) is 14.0. The second kappa shape index (κ2) is 5.96. The number of aryl methyl sites for hydroxylation is 1. The first-order chi connectivity index (χ1) is 9.04. The normalized spacial score (nSPS) is 31.2. The zero-order valence-corrected chi connectivity index (χ0v) is 12.6. The molecule has 106 valence electrons. The van der Waals surface area contributed by atoms with Gasteiger partial charge in [0.2, 0.25) is 0 Å². The molecule has 1 N–H and O–H groups in total. The fourth-order valence-corrected chi connectivity index (χ4v) is 3.74. The lowest BCUT2D eigenvalue weighted by atomic mass is 9.77. The summed E-state index contributed by atoms with van der Waals surface area (Å²) in [5.41, 5.74) is 2.57. The molecule has 1 aromatic rings. The van der Waals surface area contributed by atoms with Gasteiger partial charge in [-0.25, -0.2) is 0 Å². The molecule has 2 rings (SSSR count). The monoisotopic (exact) mass is 261 g/mol. The Labute approximate surface area is 117 Å². The molecular formula is C17H27NO. The first-order valence-corrected chi connectivity index (χ1v) is 7.55. The van der Waals surface area contributed by atoms with Gasteiger partial charge in [0.05, 0.1) is 12.1 Å². The smallest absolute Gasteiger partial charge is 0.0748 e. The standard InChI is InChI=1S/C17H27NO/c1-5-18(15-9-7-6-8-13(15)3)17-14(4)10-12(2)11-16(17)19/h6-9,12,14,16-17,19H,5,10-11H2,1-4H3. The fraction of sp³-hybridized carbons (Fsp3) is 0.647. The SMILES string of the molecule is CCN(c1ccccc1C)C1C(C)CC(C)CC1O. The van der Waals surface area contributed by atoms with E-state index in [1.165, 1.54) is 17.7 Å². The molecule has 0 bridgehead atoms. The van der Waals surface area contributed by atoms with Crippen molar-refractivity contribution in [1.29, 1.82) is 0 Å². The molecule has 2 nitrogen and oxygen atoms in total. The maximum atomic E-state index is 10.5. The summed E-state index contributed by atoms with van der Waals surface area (Å²) in [4.78, 5) is 2.40. The molecule has 0 radical (unpaired) electrons. The Hall–Kier alpha value is -1.02. The van der Waals surface area contributed by atoms with Gasteiger partial charge in [-0.3, -0.25) is 0 Å².